The number of halogens is 4. The zero-order valence-corrected chi connectivity index (χ0v) is 9.48. The van der Waals surface area contributed by atoms with Crippen molar-refractivity contribution in [3.63, 3.8) is 0 Å². The summed E-state index contributed by atoms with van der Waals surface area (Å²) in [7, 11) is 0. The topological polar surface area (TPSA) is 34.2 Å². The molecule has 1 fully saturated rings. The van der Waals surface area contributed by atoms with Crippen molar-refractivity contribution < 1.29 is 22.3 Å². The number of aromatic nitrogens is 1. The van der Waals surface area contributed by atoms with Gasteiger partial charge >= 0.3 is 0 Å². The van der Waals surface area contributed by atoms with Crippen LogP contribution in [0.1, 0.15) is 12.8 Å². The molecule has 0 aromatic carbocycles. The first-order chi connectivity index (χ1) is 8.59. The Morgan fingerprint density at radius 1 is 1.17 bits per heavy atom. The molecule has 2 heterocycles. The number of hydrogen-bond acceptors (Lipinski definition) is 3. The number of pyridine rings is 1. The number of nitrogens with one attached hydrogen (secondary N) is 1. The second-order valence-corrected chi connectivity index (χ2v) is 4.16. The highest BCUT2D eigenvalue weighted by Gasteiger charge is 2.22. The van der Waals surface area contributed by atoms with Gasteiger partial charge in [-0.05, 0) is 18.8 Å². The maximum Gasteiger partial charge on any atom is 0.253 e. The van der Waals surface area contributed by atoms with Crippen molar-refractivity contribution in [3.8, 4) is 0 Å². The summed E-state index contributed by atoms with van der Waals surface area (Å²) >= 11 is 0. The van der Waals surface area contributed by atoms with Gasteiger partial charge < -0.3 is 10.1 Å². The quantitative estimate of drug-likeness (QED) is 0.672. The van der Waals surface area contributed by atoms with E-state index in [1.54, 1.807) is 0 Å². The van der Waals surface area contributed by atoms with Gasteiger partial charge in [0.25, 0.3) is 11.9 Å². The summed E-state index contributed by atoms with van der Waals surface area (Å²) in [5, 5.41) is 2.38. The third-order valence-electron chi connectivity index (χ3n) is 2.82. The van der Waals surface area contributed by atoms with E-state index in [2.05, 4.69) is 10.3 Å². The van der Waals surface area contributed by atoms with E-state index in [1.165, 1.54) is 0 Å². The lowest BCUT2D eigenvalue weighted by molar-refractivity contribution is 0.0594. The van der Waals surface area contributed by atoms with Gasteiger partial charge in [-0.25, -0.2) is 0 Å². The molecule has 18 heavy (non-hydrogen) atoms. The first-order valence-corrected chi connectivity index (χ1v) is 5.61. The minimum Gasteiger partial charge on any atom is -0.381 e. The Bertz CT molecular complexity index is 409. The smallest absolute Gasteiger partial charge is 0.253 e. The van der Waals surface area contributed by atoms with E-state index < -0.39 is 29.2 Å². The second kappa shape index (κ2) is 5.51. The molecule has 1 aliphatic heterocycles. The van der Waals surface area contributed by atoms with Gasteiger partial charge in [-0.15, -0.1) is 0 Å². The molecule has 2 rings (SSSR count). The molecule has 3 nitrogen and oxygen atoms in total. The molecule has 1 aromatic heterocycles. The van der Waals surface area contributed by atoms with E-state index in [4.69, 9.17) is 4.74 Å². The van der Waals surface area contributed by atoms with E-state index in [0.717, 1.165) is 12.8 Å². The molecule has 0 amide bonds. The lowest BCUT2D eigenvalue weighted by Gasteiger charge is -2.22. The molecule has 1 aliphatic rings. The zero-order chi connectivity index (χ0) is 13.1. The van der Waals surface area contributed by atoms with Crippen LogP contribution in [0.3, 0.4) is 0 Å². The summed E-state index contributed by atoms with van der Waals surface area (Å²) in [6.07, 6.45) is 1.70. The Morgan fingerprint density at radius 2 is 1.83 bits per heavy atom. The summed E-state index contributed by atoms with van der Waals surface area (Å²) < 4.78 is 57.4. The maximum atomic E-state index is 13.3. The van der Waals surface area contributed by atoms with E-state index in [-0.39, 0.29) is 12.5 Å². The van der Waals surface area contributed by atoms with Gasteiger partial charge in [-0.3, -0.25) is 0 Å². The SMILES string of the molecule is Fc1nc(F)c(F)c(NCC2CCCOC2)c1F. The molecule has 0 saturated carbocycles. The van der Waals surface area contributed by atoms with Gasteiger partial charge in [0.05, 0.1) is 6.61 Å². The predicted octanol–water partition coefficient (Wildman–Crippen LogP) is 2.48. The first kappa shape index (κ1) is 13.1. The van der Waals surface area contributed by atoms with Crippen LogP contribution >= 0.6 is 0 Å². The Balaban J connectivity index is 2.08. The molecule has 1 N–H and O–H groups in total. The fourth-order valence-electron chi connectivity index (χ4n) is 1.86. The van der Waals surface area contributed by atoms with Crippen LogP contribution in [0.15, 0.2) is 0 Å². The van der Waals surface area contributed by atoms with Crippen LogP contribution in [-0.2, 0) is 4.74 Å². The maximum absolute atomic E-state index is 13.3. The normalized spacial score (nSPS) is 19.9. The van der Waals surface area contributed by atoms with Crippen molar-refractivity contribution in [2.45, 2.75) is 12.8 Å². The zero-order valence-electron chi connectivity index (χ0n) is 9.48. The van der Waals surface area contributed by atoms with E-state index in [9.17, 15) is 17.6 Å². The van der Waals surface area contributed by atoms with Gasteiger partial charge in [0.15, 0.2) is 0 Å². The average Bonchev–Trinajstić information content (AvgIpc) is 2.38. The largest absolute Gasteiger partial charge is 0.381 e. The Hall–Kier alpha value is -1.37. The van der Waals surface area contributed by atoms with Crippen LogP contribution in [0.2, 0.25) is 0 Å². The molecule has 0 radical (unpaired) electrons. The molecule has 7 heteroatoms. The molecule has 0 bridgehead atoms. The van der Waals surface area contributed by atoms with Gasteiger partial charge in [-0.2, -0.15) is 22.5 Å². The van der Waals surface area contributed by atoms with Crippen molar-refractivity contribution in [1.82, 2.24) is 4.98 Å². The Labute approximate surface area is 101 Å². The molecule has 1 saturated heterocycles. The summed E-state index contributed by atoms with van der Waals surface area (Å²) in [5.41, 5.74) is -0.814. The van der Waals surface area contributed by atoms with Crippen LogP contribution in [0.5, 0.6) is 0 Å². The van der Waals surface area contributed by atoms with Crippen LogP contribution in [0.25, 0.3) is 0 Å². The standard InChI is InChI=1S/C11H12F4N2O/c12-7-9(8(13)11(15)17-10(7)14)16-4-6-2-1-3-18-5-6/h6H,1-5H2,(H,16,17). The molecule has 1 unspecified atom stereocenters. The molecule has 1 aromatic rings. The molecular weight excluding hydrogens is 252 g/mol. The lowest BCUT2D eigenvalue weighted by atomic mass is 10.0. The van der Waals surface area contributed by atoms with Crippen molar-refractivity contribution in [2.24, 2.45) is 5.92 Å². The second-order valence-electron chi connectivity index (χ2n) is 4.16. The summed E-state index contributed by atoms with van der Waals surface area (Å²) in [6, 6.07) is 0. The molecular formula is C11H12F4N2O. The molecule has 100 valence electrons. The monoisotopic (exact) mass is 264 g/mol. The number of nitrogens with zero attached hydrogens (tertiary/aromatic N) is 1. The highest BCUT2D eigenvalue weighted by atomic mass is 19.2. The average molecular weight is 264 g/mol. The van der Waals surface area contributed by atoms with Gasteiger partial charge in [0.2, 0.25) is 11.6 Å². The lowest BCUT2D eigenvalue weighted by Crippen LogP contribution is -2.25. The minimum absolute atomic E-state index is 0.0665. The highest BCUT2D eigenvalue weighted by molar-refractivity contribution is 5.45. The van der Waals surface area contributed by atoms with Crippen LogP contribution in [0, 0.1) is 29.4 Å². The third kappa shape index (κ3) is 2.72. The van der Waals surface area contributed by atoms with Crippen molar-refractivity contribution in [2.75, 3.05) is 25.1 Å². The predicted molar refractivity (Wildman–Crippen MR) is 56.1 cm³/mol. The fraction of sp³-hybridized carbons (Fsp3) is 0.545. The number of anilines is 1. The third-order valence-corrected chi connectivity index (χ3v) is 2.82. The summed E-state index contributed by atoms with van der Waals surface area (Å²) in [5.74, 6) is -6.26. The van der Waals surface area contributed by atoms with Crippen LogP contribution in [0.4, 0.5) is 23.2 Å². The molecule has 1 atom stereocenters. The minimum atomic E-state index is -1.66. The van der Waals surface area contributed by atoms with Gasteiger partial charge in [0.1, 0.15) is 5.69 Å². The van der Waals surface area contributed by atoms with Gasteiger partial charge in [-0.1, -0.05) is 0 Å². The number of rotatable bonds is 3. The van der Waals surface area contributed by atoms with Gasteiger partial charge in [0, 0.05) is 13.2 Å². The van der Waals surface area contributed by atoms with Crippen molar-refractivity contribution in [3.05, 3.63) is 23.5 Å². The van der Waals surface area contributed by atoms with Crippen LogP contribution < -0.4 is 5.32 Å². The van der Waals surface area contributed by atoms with Crippen LogP contribution in [-0.4, -0.2) is 24.7 Å². The fourth-order valence-corrected chi connectivity index (χ4v) is 1.86. The van der Waals surface area contributed by atoms with E-state index >= 15 is 0 Å². The number of ether oxygens (including phenoxy) is 1. The summed E-state index contributed by atoms with van der Waals surface area (Å²) in [6.45, 7) is 1.32. The van der Waals surface area contributed by atoms with Crippen molar-refractivity contribution in [1.29, 1.82) is 0 Å². The van der Waals surface area contributed by atoms with Crippen molar-refractivity contribution >= 4 is 5.69 Å². The molecule has 0 spiro atoms. The Morgan fingerprint density at radius 3 is 2.39 bits per heavy atom. The number of hydrogen-bond donors (Lipinski definition) is 1. The molecule has 0 aliphatic carbocycles. The summed E-state index contributed by atoms with van der Waals surface area (Å²) in [4.78, 5) is 2.48. The van der Waals surface area contributed by atoms with E-state index in [0.29, 0.717) is 13.2 Å². The first-order valence-electron chi connectivity index (χ1n) is 5.61. The highest BCUT2D eigenvalue weighted by Crippen LogP contribution is 2.23. The Kier molecular flexibility index (Phi) is 4.00. The van der Waals surface area contributed by atoms with E-state index in [1.807, 2.05) is 0 Å².